The monoisotopic (exact) mass is 239 g/mol. The molecule has 0 spiro atoms. The van der Waals surface area contributed by atoms with Crippen LogP contribution in [0.2, 0.25) is 0 Å². The lowest BCUT2D eigenvalue weighted by Gasteiger charge is -2.22. The Kier molecular flexibility index (Phi) is 2.84. The van der Waals surface area contributed by atoms with Crippen LogP contribution in [0.1, 0.15) is 23.0 Å². The van der Waals surface area contributed by atoms with Gasteiger partial charge in [-0.05, 0) is 6.92 Å². The van der Waals surface area contributed by atoms with Crippen LogP contribution in [0, 0.1) is 0 Å². The largest absolute Gasteiger partial charge is 0.383 e. The molecule has 0 saturated heterocycles. The first-order valence-corrected chi connectivity index (χ1v) is 5.20. The summed E-state index contributed by atoms with van der Waals surface area (Å²) in [6.07, 6.45) is 0. The second-order valence-corrected chi connectivity index (χ2v) is 4.00. The van der Waals surface area contributed by atoms with E-state index in [1.165, 1.54) is 4.90 Å². The van der Waals surface area contributed by atoms with Crippen LogP contribution in [-0.4, -0.2) is 40.5 Å². The van der Waals surface area contributed by atoms with Gasteiger partial charge in [-0.15, -0.1) is 0 Å². The number of methoxy groups -OCH3 is 1. The van der Waals surface area contributed by atoms with Crippen LogP contribution in [-0.2, 0) is 11.3 Å². The molecule has 0 radical (unpaired) electrons. The van der Waals surface area contributed by atoms with Crippen molar-refractivity contribution >= 4 is 5.91 Å². The van der Waals surface area contributed by atoms with E-state index in [1.807, 2.05) is 6.92 Å². The van der Waals surface area contributed by atoms with E-state index in [0.717, 1.165) is 0 Å². The molecule has 0 saturated carbocycles. The summed E-state index contributed by atoms with van der Waals surface area (Å²) in [6, 6.07) is -0.150. The Labute approximate surface area is 96.4 Å². The summed E-state index contributed by atoms with van der Waals surface area (Å²) in [5, 5.41) is 0. The van der Waals surface area contributed by atoms with Crippen LogP contribution in [0.3, 0.4) is 0 Å². The van der Waals surface area contributed by atoms with Gasteiger partial charge in [0, 0.05) is 7.11 Å². The van der Waals surface area contributed by atoms with E-state index in [0.29, 0.717) is 12.2 Å². The number of hydrogen-bond donors (Lipinski definition) is 2. The summed E-state index contributed by atoms with van der Waals surface area (Å²) in [7, 11) is 1.54. The van der Waals surface area contributed by atoms with Gasteiger partial charge < -0.3 is 14.6 Å². The minimum absolute atomic E-state index is 0.0849. The van der Waals surface area contributed by atoms with Crippen LogP contribution >= 0.6 is 0 Å². The summed E-state index contributed by atoms with van der Waals surface area (Å²) in [5.41, 5.74) is -0.785. The molecule has 2 N–H and O–H groups in total. The first-order valence-electron chi connectivity index (χ1n) is 5.20. The van der Waals surface area contributed by atoms with E-state index in [4.69, 9.17) is 4.74 Å². The third-order valence-electron chi connectivity index (χ3n) is 2.78. The number of rotatable bonds is 3. The highest BCUT2D eigenvalue weighted by molar-refractivity contribution is 5.96. The molecule has 0 aromatic carbocycles. The quantitative estimate of drug-likeness (QED) is 0.711. The van der Waals surface area contributed by atoms with Gasteiger partial charge in [-0.25, -0.2) is 4.79 Å². The summed E-state index contributed by atoms with van der Waals surface area (Å²) in [4.78, 5) is 40.5. The molecule has 92 valence electrons. The van der Waals surface area contributed by atoms with Crippen LogP contribution in [0.4, 0.5) is 0 Å². The maximum Gasteiger partial charge on any atom is 0.326 e. The van der Waals surface area contributed by atoms with Gasteiger partial charge in [-0.3, -0.25) is 14.6 Å². The number of aromatic nitrogens is 2. The van der Waals surface area contributed by atoms with Gasteiger partial charge >= 0.3 is 5.69 Å². The maximum atomic E-state index is 12.0. The second kappa shape index (κ2) is 4.17. The highest BCUT2D eigenvalue weighted by atomic mass is 16.5. The van der Waals surface area contributed by atoms with Crippen molar-refractivity contribution in [2.45, 2.75) is 19.5 Å². The average molecular weight is 239 g/mol. The molecular weight excluding hydrogens is 226 g/mol. The third kappa shape index (κ3) is 1.89. The molecule has 7 nitrogen and oxygen atoms in total. The molecule has 2 rings (SSSR count). The second-order valence-electron chi connectivity index (χ2n) is 4.00. The van der Waals surface area contributed by atoms with Gasteiger partial charge in [-0.2, -0.15) is 0 Å². The topological polar surface area (TPSA) is 95.3 Å². The van der Waals surface area contributed by atoms with Gasteiger partial charge in [0.15, 0.2) is 0 Å². The Bertz CT molecular complexity index is 559. The Morgan fingerprint density at radius 2 is 2.06 bits per heavy atom. The van der Waals surface area contributed by atoms with E-state index in [9.17, 15) is 14.4 Å². The third-order valence-corrected chi connectivity index (χ3v) is 2.78. The first kappa shape index (κ1) is 11.6. The number of nitrogens with one attached hydrogen (secondary N) is 2. The lowest BCUT2D eigenvalue weighted by Crippen LogP contribution is -2.36. The lowest BCUT2D eigenvalue weighted by molar-refractivity contribution is 0.0584. The molecule has 1 aromatic rings. The molecule has 1 amide bonds. The van der Waals surface area contributed by atoms with E-state index >= 15 is 0 Å². The first-order chi connectivity index (χ1) is 8.04. The summed E-state index contributed by atoms with van der Waals surface area (Å²) in [6.45, 7) is 2.40. The minimum Gasteiger partial charge on any atom is -0.383 e. The Balaban J connectivity index is 2.39. The molecule has 1 aliphatic rings. The zero-order chi connectivity index (χ0) is 12.6. The van der Waals surface area contributed by atoms with Crippen LogP contribution < -0.4 is 11.2 Å². The molecule has 7 heteroatoms. The maximum absolute atomic E-state index is 12.0. The van der Waals surface area contributed by atoms with Crippen molar-refractivity contribution in [2.24, 2.45) is 0 Å². The highest BCUT2D eigenvalue weighted by Crippen LogP contribution is 2.18. The van der Waals surface area contributed by atoms with Crippen molar-refractivity contribution in [1.29, 1.82) is 0 Å². The number of amides is 1. The van der Waals surface area contributed by atoms with Gasteiger partial charge in [-0.1, -0.05) is 0 Å². The zero-order valence-electron chi connectivity index (χ0n) is 9.57. The van der Waals surface area contributed by atoms with E-state index in [1.54, 1.807) is 7.11 Å². The number of carbonyl (C=O) groups is 1. The van der Waals surface area contributed by atoms with Crippen molar-refractivity contribution in [3.8, 4) is 0 Å². The van der Waals surface area contributed by atoms with E-state index in [2.05, 4.69) is 9.97 Å². The fraction of sp³-hybridized carbons (Fsp3) is 0.500. The van der Waals surface area contributed by atoms with Gasteiger partial charge in [0.2, 0.25) is 0 Å². The fourth-order valence-electron chi connectivity index (χ4n) is 1.92. The highest BCUT2D eigenvalue weighted by Gasteiger charge is 2.33. The summed E-state index contributed by atoms with van der Waals surface area (Å²) < 4.78 is 4.97. The number of fused-ring (bicyclic) bond motifs is 1. The average Bonchev–Trinajstić information content (AvgIpc) is 2.57. The molecule has 0 bridgehead atoms. The number of hydrogen-bond acceptors (Lipinski definition) is 4. The van der Waals surface area contributed by atoms with Crippen molar-refractivity contribution in [3.63, 3.8) is 0 Å². The normalized spacial score (nSPS) is 16.1. The molecule has 1 atom stereocenters. The smallest absolute Gasteiger partial charge is 0.326 e. The van der Waals surface area contributed by atoms with Crippen LogP contribution in [0.5, 0.6) is 0 Å². The molecular formula is C10H13N3O4. The van der Waals surface area contributed by atoms with Crippen molar-refractivity contribution < 1.29 is 9.53 Å². The fourth-order valence-corrected chi connectivity index (χ4v) is 1.92. The number of nitrogens with zero attached hydrogens (tertiary/aromatic N) is 1. The van der Waals surface area contributed by atoms with Gasteiger partial charge in [0.1, 0.15) is 5.69 Å². The summed E-state index contributed by atoms with van der Waals surface area (Å²) in [5.74, 6) is -0.340. The Hall–Kier alpha value is -1.89. The number of carbonyl (C=O) groups excluding carboxylic acids is 1. The Morgan fingerprint density at radius 3 is 2.71 bits per heavy atom. The van der Waals surface area contributed by atoms with Crippen molar-refractivity contribution in [1.82, 2.24) is 14.9 Å². The standard InChI is InChI=1S/C10H13N3O4/c1-5(4-17-2)13-3-6-7(9(13)15)11-10(16)12-8(6)14/h5H,3-4H2,1-2H3,(H2,11,12,14,16). The molecule has 0 aliphatic carbocycles. The number of aromatic amines is 2. The van der Waals surface area contributed by atoms with E-state index < -0.39 is 11.2 Å². The molecule has 1 aromatic heterocycles. The molecule has 2 heterocycles. The van der Waals surface area contributed by atoms with Gasteiger partial charge in [0.05, 0.1) is 24.8 Å². The van der Waals surface area contributed by atoms with Gasteiger partial charge in [0.25, 0.3) is 11.5 Å². The molecule has 1 aliphatic heterocycles. The van der Waals surface area contributed by atoms with Crippen molar-refractivity contribution in [2.75, 3.05) is 13.7 Å². The van der Waals surface area contributed by atoms with Crippen LogP contribution in [0.25, 0.3) is 0 Å². The minimum atomic E-state index is -0.664. The predicted molar refractivity (Wildman–Crippen MR) is 58.9 cm³/mol. The lowest BCUT2D eigenvalue weighted by atomic mass is 10.3. The molecule has 0 fully saturated rings. The zero-order valence-corrected chi connectivity index (χ0v) is 9.57. The van der Waals surface area contributed by atoms with Crippen molar-refractivity contribution in [3.05, 3.63) is 32.1 Å². The number of H-pyrrole nitrogens is 2. The number of ether oxygens (including phenoxy) is 1. The molecule has 17 heavy (non-hydrogen) atoms. The Morgan fingerprint density at radius 1 is 1.35 bits per heavy atom. The predicted octanol–water partition coefficient (Wildman–Crippen LogP) is -0.946. The van der Waals surface area contributed by atoms with E-state index in [-0.39, 0.29) is 24.2 Å². The summed E-state index contributed by atoms with van der Waals surface area (Å²) >= 11 is 0. The molecule has 1 unspecified atom stereocenters. The SMILES string of the molecule is COCC(C)N1Cc2c([nH]c(=O)[nH]c2=O)C1=O. The van der Waals surface area contributed by atoms with Crippen LogP contribution in [0.15, 0.2) is 9.59 Å².